The Hall–Kier alpha value is -2.45. The number of hydrogen-bond donors (Lipinski definition) is 0. The molecular formula is C14H12F4N4O. The minimum absolute atomic E-state index is 0.0344. The van der Waals surface area contributed by atoms with Gasteiger partial charge in [0.25, 0.3) is 5.91 Å². The number of halogens is 4. The van der Waals surface area contributed by atoms with Gasteiger partial charge < -0.3 is 0 Å². The molecule has 1 aliphatic rings. The molecule has 0 aliphatic carbocycles. The van der Waals surface area contributed by atoms with Gasteiger partial charge in [-0.1, -0.05) is 6.07 Å². The van der Waals surface area contributed by atoms with E-state index in [2.05, 4.69) is 10.1 Å². The largest absolute Gasteiger partial charge is 0.410 e. The molecule has 1 aliphatic heterocycles. The van der Waals surface area contributed by atoms with Crippen LogP contribution in [0.3, 0.4) is 0 Å². The van der Waals surface area contributed by atoms with Crippen molar-refractivity contribution in [2.75, 3.05) is 11.4 Å². The van der Waals surface area contributed by atoms with Gasteiger partial charge in [0.05, 0.1) is 5.69 Å². The highest BCUT2D eigenvalue weighted by atomic mass is 19.4. The van der Waals surface area contributed by atoms with Crippen LogP contribution >= 0.6 is 0 Å². The molecule has 2 aromatic heterocycles. The second-order valence-electron chi connectivity index (χ2n) is 5.24. The Kier molecular flexibility index (Phi) is 3.57. The topological polar surface area (TPSA) is 51.0 Å². The first-order valence-electron chi connectivity index (χ1n) is 6.84. The van der Waals surface area contributed by atoms with Crippen LogP contribution in [0.1, 0.15) is 28.6 Å². The summed E-state index contributed by atoms with van der Waals surface area (Å²) >= 11 is 0. The van der Waals surface area contributed by atoms with E-state index in [1.807, 2.05) is 0 Å². The van der Waals surface area contributed by atoms with Gasteiger partial charge in [-0.05, 0) is 25.5 Å². The molecule has 1 atom stereocenters. The number of nitrogens with zero attached hydrogens (tertiary/aromatic N) is 4. The standard InChI is InChI=1S/C14H12F4N4O/c1-8-7-12-21(13(23)9-3-2-4-11(15)19-9)6-5-10(14(16,17)18)22(12)20-8/h2-4,7,10H,5-6H2,1H3/t10-/m1/s1. The lowest BCUT2D eigenvalue weighted by Crippen LogP contribution is -2.43. The van der Waals surface area contributed by atoms with E-state index in [0.29, 0.717) is 5.69 Å². The predicted octanol–water partition coefficient (Wildman–Crippen LogP) is 2.88. The normalized spacial score (nSPS) is 18.0. The number of pyridine rings is 1. The van der Waals surface area contributed by atoms with Crippen LogP contribution in [0.4, 0.5) is 23.4 Å². The number of aromatic nitrogens is 3. The Bertz CT molecular complexity index is 755. The van der Waals surface area contributed by atoms with Crippen molar-refractivity contribution in [2.24, 2.45) is 0 Å². The molecule has 0 unspecified atom stereocenters. The summed E-state index contributed by atoms with van der Waals surface area (Å²) in [6.07, 6.45) is -4.78. The van der Waals surface area contributed by atoms with Crippen LogP contribution in [0.15, 0.2) is 24.3 Å². The molecule has 122 valence electrons. The maximum absolute atomic E-state index is 13.2. The third kappa shape index (κ3) is 2.78. The Morgan fingerprint density at radius 1 is 1.35 bits per heavy atom. The van der Waals surface area contributed by atoms with Crippen LogP contribution in [-0.2, 0) is 0 Å². The zero-order valence-electron chi connectivity index (χ0n) is 12.0. The number of amides is 1. The molecule has 0 radical (unpaired) electrons. The summed E-state index contributed by atoms with van der Waals surface area (Å²) in [6, 6.07) is 3.33. The average molecular weight is 328 g/mol. The third-order valence-electron chi connectivity index (χ3n) is 3.59. The first-order valence-corrected chi connectivity index (χ1v) is 6.84. The first kappa shape index (κ1) is 15.4. The molecule has 0 bridgehead atoms. The molecule has 3 heterocycles. The Morgan fingerprint density at radius 2 is 2.09 bits per heavy atom. The molecule has 1 amide bonds. The molecule has 0 spiro atoms. The Morgan fingerprint density at radius 3 is 2.74 bits per heavy atom. The van der Waals surface area contributed by atoms with Crippen molar-refractivity contribution in [3.63, 3.8) is 0 Å². The quantitative estimate of drug-likeness (QED) is 0.597. The second kappa shape index (κ2) is 5.32. The summed E-state index contributed by atoms with van der Waals surface area (Å²) in [5, 5.41) is 3.85. The van der Waals surface area contributed by atoms with Crippen LogP contribution < -0.4 is 4.90 Å². The molecule has 0 aromatic carbocycles. The smallest absolute Gasteiger partial charge is 0.291 e. The van der Waals surface area contributed by atoms with Crippen LogP contribution in [0.25, 0.3) is 0 Å². The third-order valence-corrected chi connectivity index (χ3v) is 3.59. The number of fused-ring (bicyclic) bond motifs is 1. The van der Waals surface area contributed by atoms with Gasteiger partial charge in [-0.2, -0.15) is 22.7 Å². The monoisotopic (exact) mass is 328 g/mol. The van der Waals surface area contributed by atoms with Crippen molar-refractivity contribution in [3.05, 3.63) is 41.6 Å². The van der Waals surface area contributed by atoms with Crippen LogP contribution in [0, 0.1) is 12.9 Å². The van der Waals surface area contributed by atoms with E-state index in [9.17, 15) is 22.4 Å². The molecule has 5 nitrogen and oxygen atoms in total. The Balaban J connectivity index is 2.00. The zero-order valence-corrected chi connectivity index (χ0v) is 12.0. The fourth-order valence-electron chi connectivity index (χ4n) is 2.60. The number of alkyl halides is 3. The van der Waals surface area contributed by atoms with E-state index >= 15 is 0 Å². The SMILES string of the molecule is Cc1cc2n(n1)[C@@H](C(F)(F)F)CCN2C(=O)c1cccc(F)n1. The van der Waals surface area contributed by atoms with Crippen LogP contribution in [0.2, 0.25) is 0 Å². The highest BCUT2D eigenvalue weighted by Gasteiger charge is 2.46. The van der Waals surface area contributed by atoms with Gasteiger partial charge in [0.1, 0.15) is 11.5 Å². The molecule has 0 fully saturated rings. The molecule has 3 rings (SSSR count). The van der Waals surface area contributed by atoms with Crippen molar-refractivity contribution in [3.8, 4) is 0 Å². The summed E-state index contributed by atoms with van der Waals surface area (Å²) in [5.74, 6) is -1.45. The molecule has 0 saturated heterocycles. The summed E-state index contributed by atoms with van der Waals surface area (Å²) in [4.78, 5) is 17.1. The van der Waals surface area contributed by atoms with Gasteiger partial charge in [-0.25, -0.2) is 9.67 Å². The van der Waals surface area contributed by atoms with Crippen molar-refractivity contribution in [1.29, 1.82) is 0 Å². The van der Waals surface area contributed by atoms with E-state index in [-0.39, 0.29) is 24.5 Å². The zero-order chi connectivity index (χ0) is 16.8. The lowest BCUT2D eigenvalue weighted by Gasteiger charge is -2.33. The number of hydrogen-bond acceptors (Lipinski definition) is 3. The highest BCUT2D eigenvalue weighted by molar-refractivity contribution is 6.04. The predicted molar refractivity (Wildman–Crippen MR) is 72.5 cm³/mol. The highest BCUT2D eigenvalue weighted by Crippen LogP contribution is 2.39. The minimum atomic E-state index is -4.46. The summed E-state index contributed by atoms with van der Waals surface area (Å²) < 4.78 is 53.3. The number of carbonyl (C=O) groups is 1. The van der Waals surface area contributed by atoms with E-state index in [0.717, 1.165) is 15.6 Å². The lowest BCUT2D eigenvalue weighted by atomic mass is 10.1. The fraction of sp³-hybridized carbons (Fsp3) is 0.357. The molecule has 23 heavy (non-hydrogen) atoms. The van der Waals surface area contributed by atoms with E-state index in [4.69, 9.17) is 0 Å². The van der Waals surface area contributed by atoms with Gasteiger partial charge >= 0.3 is 6.18 Å². The number of anilines is 1. The summed E-state index contributed by atoms with van der Waals surface area (Å²) in [5.41, 5.74) is 0.196. The molecule has 9 heteroatoms. The van der Waals surface area contributed by atoms with Crippen LogP contribution in [0.5, 0.6) is 0 Å². The van der Waals surface area contributed by atoms with Gasteiger partial charge in [0, 0.05) is 12.6 Å². The maximum Gasteiger partial charge on any atom is 0.410 e. The lowest BCUT2D eigenvalue weighted by molar-refractivity contribution is -0.172. The maximum atomic E-state index is 13.2. The fourth-order valence-corrected chi connectivity index (χ4v) is 2.60. The van der Waals surface area contributed by atoms with Crippen molar-refractivity contribution in [1.82, 2.24) is 14.8 Å². The molecule has 0 N–H and O–H groups in total. The van der Waals surface area contributed by atoms with Crippen molar-refractivity contribution >= 4 is 11.7 Å². The van der Waals surface area contributed by atoms with Crippen LogP contribution in [-0.4, -0.2) is 33.4 Å². The molecule has 0 saturated carbocycles. The van der Waals surface area contributed by atoms with E-state index < -0.39 is 24.1 Å². The Labute approximate surface area is 128 Å². The van der Waals surface area contributed by atoms with E-state index in [1.54, 1.807) is 6.92 Å². The number of aryl methyl sites for hydroxylation is 1. The van der Waals surface area contributed by atoms with E-state index in [1.165, 1.54) is 18.2 Å². The van der Waals surface area contributed by atoms with Crippen molar-refractivity contribution < 1.29 is 22.4 Å². The first-order chi connectivity index (χ1) is 10.8. The molecule has 2 aromatic rings. The van der Waals surface area contributed by atoms with Gasteiger partial charge in [0.2, 0.25) is 5.95 Å². The summed E-state index contributed by atoms with van der Waals surface area (Å²) in [7, 11) is 0. The minimum Gasteiger partial charge on any atom is -0.291 e. The average Bonchev–Trinajstić information content (AvgIpc) is 2.85. The van der Waals surface area contributed by atoms with Gasteiger partial charge in [-0.3, -0.25) is 9.69 Å². The van der Waals surface area contributed by atoms with Gasteiger partial charge in [-0.15, -0.1) is 0 Å². The number of carbonyl (C=O) groups excluding carboxylic acids is 1. The number of rotatable bonds is 1. The second-order valence-corrected chi connectivity index (χ2v) is 5.24. The molecular weight excluding hydrogens is 316 g/mol. The van der Waals surface area contributed by atoms with Gasteiger partial charge in [0.15, 0.2) is 6.04 Å². The summed E-state index contributed by atoms with van der Waals surface area (Å²) in [6.45, 7) is 1.40. The van der Waals surface area contributed by atoms with Crippen molar-refractivity contribution in [2.45, 2.75) is 25.6 Å².